The fourth-order valence-electron chi connectivity index (χ4n) is 2.12. The van der Waals surface area contributed by atoms with Gasteiger partial charge in [0.2, 0.25) is 0 Å². The van der Waals surface area contributed by atoms with Crippen molar-refractivity contribution in [3.05, 3.63) is 27.4 Å². The molecule has 1 aromatic rings. The monoisotopic (exact) mass is 348 g/mol. The van der Waals surface area contributed by atoms with Crippen LogP contribution in [-0.4, -0.2) is 24.0 Å². The Bertz CT molecular complexity index is 453. The molecule has 1 fully saturated rings. The second-order valence-electron chi connectivity index (χ2n) is 4.58. The summed E-state index contributed by atoms with van der Waals surface area (Å²) in [6.07, 6.45) is 4.35. The number of benzene rings is 1. The van der Waals surface area contributed by atoms with E-state index in [9.17, 15) is 9.18 Å². The highest BCUT2D eigenvalue weighted by Gasteiger charge is 2.18. The van der Waals surface area contributed by atoms with Crippen molar-refractivity contribution < 1.29 is 9.18 Å². The predicted octanol–water partition coefficient (Wildman–Crippen LogP) is 4.65. The Hall–Kier alpha value is -0.810. The lowest BCUT2D eigenvalue weighted by molar-refractivity contribution is 0.213. The summed E-state index contributed by atoms with van der Waals surface area (Å²) in [6, 6.07) is 2.28. The van der Waals surface area contributed by atoms with Crippen molar-refractivity contribution in [2.75, 3.05) is 18.4 Å². The molecule has 3 nitrogen and oxygen atoms in total. The summed E-state index contributed by atoms with van der Waals surface area (Å²) in [6.45, 7) is 1.50. The highest BCUT2D eigenvalue weighted by atomic mass is 79.9. The Balaban J connectivity index is 2.10. The van der Waals surface area contributed by atoms with Gasteiger partial charge in [-0.05, 0) is 40.9 Å². The van der Waals surface area contributed by atoms with Crippen molar-refractivity contribution in [3.8, 4) is 0 Å². The van der Waals surface area contributed by atoms with Gasteiger partial charge in [-0.2, -0.15) is 0 Å². The molecule has 0 spiro atoms. The van der Waals surface area contributed by atoms with E-state index in [0.717, 1.165) is 38.8 Å². The first kappa shape index (κ1) is 14.6. The third kappa shape index (κ3) is 3.83. The molecule has 1 aliphatic rings. The number of hydrogen-bond donors (Lipinski definition) is 1. The van der Waals surface area contributed by atoms with Crippen LogP contribution in [0.3, 0.4) is 0 Å². The summed E-state index contributed by atoms with van der Waals surface area (Å²) in [5.41, 5.74) is 0.414. The molecule has 104 valence electrons. The number of carbonyl (C=O) groups is 1. The van der Waals surface area contributed by atoms with Gasteiger partial charge < -0.3 is 10.2 Å². The lowest BCUT2D eigenvalue weighted by Gasteiger charge is -2.21. The molecule has 2 amide bonds. The van der Waals surface area contributed by atoms with E-state index < -0.39 is 5.82 Å². The Morgan fingerprint density at radius 3 is 2.47 bits per heavy atom. The maximum atomic E-state index is 13.1. The number of amides is 2. The van der Waals surface area contributed by atoms with E-state index in [0.29, 0.717) is 10.2 Å². The largest absolute Gasteiger partial charge is 0.325 e. The summed E-state index contributed by atoms with van der Waals surface area (Å²) in [7, 11) is 0. The minimum absolute atomic E-state index is 0.184. The first-order valence-corrected chi connectivity index (χ1v) is 7.45. The van der Waals surface area contributed by atoms with Crippen molar-refractivity contribution in [2.45, 2.75) is 25.7 Å². The number of hydrogen-bond acceptors (Lipinski definition) is 1. The number of halogens is 3. The van der Waals surface area contributed by atoms with E-state index in [1.165, 1.54) is 12.1 Å². The Kier molecular flexibility index (Phi) is 5.05. The van der Waals surface area contributed by atoms with Gasteiger partial charge in [0.15, 0.2) is 0 Å². The molecule has 0 radical (unpaired) electrons. The maximum absolute atomic E-state index is 13.1. The normalized spacial score (nSPS) is 16.1. The average Bonchev–Trinajstić information content (AvgIpc) is 2.62. The van der Waals surface area contributed by atoms with Gasteiger partial charge in [0.25, 0.3) is 0 Å². The Morgan fingerprint density at radius 1 is 1.26 bits per heavy atom. The second-order valence-corrected chi connectivity index (χ2v) is 5.84. The van der Waals surface area contributed by atoms with Gasteiger partial charge in [0, 0.05) is 17.6 Å². The molecule has 0 bridgehead atoms. The van der Waals surface area contributed by atoms with E-state index in [1.807, 2.05) is 0 Å². The smallest absolute Gasteiger partial charge is 0.321 e. The number of carbonyl (C=O) groups excluding carboxylic acids is 1. The molecule has 1 heterocycles. The second kappa shape index (κ2) is 6.57. The third-order valence-electron chi connectivity index (χ3n) is 3.13. The molecular weight excluding hydrogens is 335 g/mol. The van der Waals surface area contributed by atoms with Crippen LogP contribution in [0.4, 0.5) is 14.9 Å². The number of likely N-dealkylation sites (tertiary alicyclic amines) is 1. The van der Waals surface area contributed by atoms with Gasteiger partial charge in [0.1, 0.15) is 5.82 Å². The molecule has 19 heavy (non-hydrogen) atoms. The van der Waals surface area contributed by atoms with Crippen molar-refractivity contribution in [1.29, 1.82) is 0 Å². The molecule has 1 aliphatic heterocycles. The molecule has 6 heteroatoms. The fourth-order valence-corrected chi connectivity index (χ4v) is 3.02. The van der Waals surface area contributed by atoms with Crippen LogP contribution in [0, 0.1) is 5.82 Å². The zero-order valence-corrected chi connectivity index (χ0v) is 12.7. The quantitative estimate of drug-likeness (QED) is 0.786. The van der Waals surface area contributed by atoms with E-state index in [4.69, 9.17) is 11.6 Å². The van der Waals surface area contributed by atoms with Crippen LogP contribution in [0.2, 0.25) is 5.02 Å². The van der Waals surface area contributed by atoms with Crippen LogP contribution in [-0.2, 0) is 0 Å². The summed E-state index contributed by atoms with van der Waals surface area (Å²) in [5, 5.41) is 2.93. The molecule has 0 atom stereocenters. The van der Waals surface area contributed by atoms with Gasteiger partial charge in [-0.3, -0.25) is 0 Å². The van der Waals surface area contributed by atoms with Gasteiger partial charge >= 0.3 is 6.03 Å². The SMILES string of the molecule is O=C(Nc1c(Cl)cc(F)cc1Br)N1CCCCCC1. The van der Waals surface area contributed by atoms with Crippen LogP contribution in [0.5, 0.6) is 0 Å². The van der Waals surface area contributed by atoms with Crippen LogP contribution in [0.15, 0.2) is 16.6 Å². The van der Waals surface area contributed by atoms with Gasteiger partial charge in [-0.25, -0.2) is 9.18 Å². The van der Waals surface area contributed by atoms with Gasteiger partial charge in [0.05, 0.1) is 10.7 Å². The summed E-state index contributed by atoms with van der Waals surface area (Å²) >= 11 is 9.15. The third-order valence-corrected chi connectivity index (χ3v) is 4.06. The molecule has 1 saturated heterocycles. The number of nitrogens with one attached hydrogen (secondary N) is 1. The lowest BCUT2D eigenvalue weighted by atomic mass is 10.2. The maximum Gasteiger partial charge on any atom is 0.321 e. The summed E-state index contributed by atoms with van der Waals surface area (Å²) < 4.78 is 13.6. The van der Waals surface area contributed by atoms with Crippen molar-refractivity contribution in [2.24, 2.45) is 0 Å². The summed E-state index contributed by atoms with van der Waals surface area (Å²) in [4.78, 5) is 13.9. The molecule has 1 aromatic carbocycles. The zero-order chi connectivity index (χ0) is 13.8. The van der Waals surface area contributed by atoms with E-state index in [2.05, 4.69) is 21.2 Å². The first-order chi connectivity index (χ1) is 9.08. The predicted molar refractivity (Wildman–Crippen MR) is 78.2 cm³/mol. The van der Waals surface area contributed by atoms with Crippen molar-refractivity contribution in [3.63, 3.8) is 0 Å². The molecule has 0 aliphatic carbocycles. The van der Waals surface area contributed by atoms with Gasteiger partial charge in [-0.15, -0.1) is 0 Å². The molecule has 0 aromatic heterocycles. The van der Waals surface area contributed by atoms with Crippen LogP contribution >= 0.6 is 27.5 Å². The highest BCUT2D eigenvalue weighted by molar-refractivity contribution is 9.10. The fraction of sp³-hybridized carbons (Fsp3) is 0.462. The molecular formula is C13H15BrClFN2O. The van der Waals surface area contributed by atoms with Crippen LogP contribution in [0.1, 0.15) is 25.7 Å². The standard InChI is InChI=1S/C13H15BrClFN2O/c14-10-7-9(16)8-11(15)12(10)17-13(19)18-5-3-1-2-4-6-18/h7-8H,1-6H2,(H,17,19). The highest BCUT2D eigenvalue weighted by Crippen LogP contribution is 2.32. The molecule has 2 rings (SSSR count). The van der Waals surface area contributed by atoms with E-state index >= 15 is 0 Å². The van der Waals surface area contributed by atoms with Crippen LogP contribution < -0.4 is 5.32 Å². The summed E-state index contributed by atoms with van der Waals surface area (Å²) in [5.74, 6) is -0.440. The lowest BCUT2D eigenvalue weighted by Crippen LogP contribution is -2.35. The minimum Gasteiger partial charge on any atom is -0.325 e. The Morgan fingerprint density at radius 2 is 1.89 bits per heavy atom. The Labute approximate surface area is 125 Å². The first-order valence-electron chi connectivity index (χ1n) is 6.28. The number of nitrogens with zero attached hydrogens (tertiary/aromatic N) is 1. The number of rotatable bonds is 1. The number of anilines is 1. The van der Waals surface area contributed by atoms with E-state index in [1.54, 1.807) is 4.90 Å². The number of urea groups is 1. The van der Waals surface area contributed by atoms with Crippen molar-refractivity contribution >= 4 is 39.2 Å². The van der Waals surface area contributed by atoms with Crippen LogP contribution in [0.25, 0.3) is 0 Å². The minimum atomic E-state index is -0.440. The molecule has 0 unspecified atom stereocenters. The molecule has 1 N–H and O–H groups in total. The zero-order valence-electron chi connectivity index (χ0n) is 10.4. The average molecular weight is 350 g/mol. The van der Waals surface area contributed by atoms with Crippen molar-refractivity contribution in [1.82, 2.24) is 4.90 Å². The van der Waals surface area contributed by atoms with Gasteiger partial charge in [-0.1, -0.05) is 24.4 Å². The van der Waals surface area contributed by atoms with E-state index in [-0.39, 0.29) is 11.1 Å². The molecule has 0 saturated carbocycles. The topological polar surface area (TPSA) is 32.3 Å².